The van der Waals surface area contributed by atoms with Crippen molar-refractivity contribution in [3.8, 4) is 0 Å². The number of benzene rings is 1. The van der Waals surface area contributed by atoms with Crippen molar-refractivity contribution in [2.75, 3.05) is 5.33 Å². The van der Waals surface area contributed by atoms with E-state index < -0.39 is 0 Å². The van der Waals surface area contributed by atoms with Crippen LogP contribution in [0, 0.1) is 22.2 Å². The second-order valence-electron chi connectivity index (χ2n) is 7.64. The molecule has 2 unspecified atom stereocenters. The lowest BCUT2D eigenvalue weighted by Gasteiger charge is -2.38. The third-order valence-electron chi connectivity index (χ3n) is 6.88. The predicted octanol–water partition coefficient (Wildman–Crippen LogP) is 4.97. The Labute approximate surface area is 135 Å². The third-order valence-corrected chi connectivity index (χ3v) is 8.63. The topological polar surface area (TPSA) is 0 Å². The van der Waals surface area contributed by atoms with Gasteiger partial charge in [-0.3, -0.25) is 0 Å². The highest BCUT2D eigenvalue weighted by atomic mass is 79.9. The van der Waals surface area contributed by atoms with Gasteiger partial charge in [-0.25, -0.2) is 0 Å². The van der Waals surface area contributed by atoms with Gasteiger partial charge in [-0.15, -0.1) is 0 Å². The molecule has 0 saturated heterocycles. The van der Waals surface area contributed by atoms with E-state index in [9.17, 15) is 0 Å². The Morgan fingerprint density at radius 3 is 2.30 bits per heavy atom. The molecule has 0 radical (unpaired) electrons. The Hall–Kier alpha value is -0.210. The van der Waals surface area contributed by atoms with Gasteiger partial charge in [0.1, 0.15) is 0 Å². The van der Waals surface area contributed by atoms with Crippen LogP contribution in [0.5, 0.6) is 0 Å². The maximum Gasteiger partial charge on any atom is 0.0173 e. The van der Waals surface area contributed by atoms with Gasteiger partial charge in [0.05, 0.1) is 0 Å². The van der Waals surface area contributed by atoms with E-state index in [1.165, 1.54) is 30.5 Å². The molecular formula is C18H21BrS. The van der Waals surface area contributed by atoms with Crippen molar-refractivity contribution in [3.05, 3.63) is 35.4 Å². The zero-order valence-corrected chi connectivity index (χ0v) is 14.6. The molecule has 0 heterocycles. The maximum atomic E-state index is 6.12. The van der Waals surface area contributed by atoms with Gasteiger partial charge < -0.3 is 0 Å². The van der Waals surface area contributed by atoms with Crippen molar-refractivity contribution < 1.29 is 0 Å². The van der Waals surface area contributed by atoms with Crippen LogP contribution in [-0.4, -0.2) is 10.2 Å². The van der Waals surface area contributed by atoms with E-state index in [4.69, 9.17) is 12.2 Å². The average Bonchev–Trinajstić information content (AvgIpc) is 2.96. The largest absolute Gasteiger partial charge is 0.0918 e. The maximum absolute atomic E-state index is 6.12. The Balaban J connectivity index is 1.86. The summed E-state index contributed by atoms with van der Waals surface area (Å²) in [5.41, 5.74) is 3.95. The minimum Gasteiger partial charge on any atom is -0.0918 e. The number of hydrogen-bond donors (Lipinski definition) is 0. The number of halogens is 1. The lowest BCUT2D eigenvalue weighted by molar-refractivity contribution is 0.144. The van der Waals surface area contributed by atoms with E-state index in [2.05, 4.69) is 54.0 Å². The molecule has 1 aromatic carbocycles. The second kappa shape index (κ2) is 3.95. The summed E-state index contributed by atoms with van der Waals surface area (Å²) < 4.78 is 0. The van der Waals surface area contributed by atoms with Crippen molar-refractivity contribution in [3.63, 3.8) is 0 Å². The molecule has 1 spiro atoms. The highest BCUT2D eigenvalue weighted by Gasteiger charge is 2.72. The minimum atomic E-state index is 0.245. The monoisotopic (exact) mass is 348 g/mol. The van der Waals surface area contributed by atoms with E-state index >= 15 is 0 Å². The molecule has 0 N–H and O–H groups in total. The van der Waals surface area contributed by atoms with Gasteiger partial charge in [0.2, 0.25) is 0 Å². The predicted molar refractivity (Wildman–Crippen MR) is 91.6 cm³/mol. The first kappa shape index (κ1) is 13.5. The van der Waals surface area contributed by atoms with Gasteiger partial charge in [-0.05, 0) is 48.1 Å². The lowest BCUT2D eigenvalue weighted by Crippen LogP contribution is -2.42. The first-order valence-corrected chi connectivity index (χ1v) is 9.19. The number of alkyl halides is 1. The summed E-state index contributed by atoms with van der Waals surface area (Å²) in [7, 11) is 0. The summed E-state index contributed by atoms with van der Waals surface area (Å²) in [5.74, 6) is 0.757. The van der Waals surface area contributed by atoms with Crippen molar-refractivity contribution in [2.45, 2.75) is 39.5 Å². The summed E-state index contributed by atoms with van der Waals surface area (Å²) in [5, 5.41) is 1.04. The molecule has 3 aliphatic carbocycles. The van der Waals surface area contributed by atoms with Crippen LogP contribution in [0.4, 0.5) is 0 Å². The molecule has 106 valence electrons. The Morgan fingerprint density at radius 1 is 1.20 bits per heavy atom. The van der Waals surface area contributed by atoms with Gasteiger partial charge in [-0.2, -0.15) is 0 Å². The Bertz CT molecular complexity index is 578. The van der Waals surface area contributed by atoms with Crippen molar-refractivity contribution in [1.82, 2.24) is 0 Å². The molecule has 1 aromatic rings. The summed E-state index contributed by atoms with van der Waals surface area (Å²) >= 11 is 9.93. The van der Waals surface area contributed by atoms with Gasteiger partial charge in [0, 0.05) is 21.0 Å². The second-order valence-corrected chi connectivity index (χ2v) is 8.61. The molecule has 2 atom stereocenters. The molecule has 20 heavy (non-hydrogen) atoms. The quantitative estimate of drug-likeness (QED) is 0.509. The highest BCUT2D eigenvalue weighted by molar-refractivity contribution is 9.09. The van der Waals surface area contributed by atoms with Crippen LogP contribution in [0.1, 0.15) is 37.8 Å². The summed E-state index contributed by atoms with van der Waals surface area (Å²) in [4.78, 5) is 1.39. The van der Waals surface area contributed by atoms with Crippen LogP contribution in [0.15, 0.2) is 24.3 Å². The fourth-order valence-corrected chi connectivity index (χ4v) is 7.96. The summed E-state index contributed by atoms with van der Waals surface area (Å²) in [6.45, 7) is 4.94. The first-order valence-electron chi connectivity index (χ1n) is 7.66. The van der Waals surface area contributed by atoms with Crippen LogP contribution < -0.4 is 0 Å². The molecule has 0 aliphatic heterocycles. The molecule has 0 amide bonds. The standard InChI is InChI=1S/C18H21BrS/c1-16(2)14-7-8-18(16,11-19)15(20)17(14)9-12-5-3-4-6-13(12)10-17/h3-6,14H,7-11H2,1-2H3. The van der Waals surface area contributed by atoms with Crippen LogP contribution in [0.25, 0.3) is 0 Å². The van der Waals surface area contributed by atoms with E-state index in [0.29, 0.717) is 5.41 Å². The lowest BCUT2D eigenvalue weighted by atomic mass is 9.68. The van der Waals surface area contributed by atoms with Crippen molar-refractivity contribution in [2.24, 2.45) is 22.2 Å². The number of thiocarbonyl (C=S) groups is 1. The molecule has 2 bridgehead atoms. The normalized spacial score (nSPS) is 35.8. The van der Waals surface area contributed by atoms with Crippen LogP contribution >= 0.6 is 28.1 Å². The summed E-state index contributed by atoms with van der Waals surface area (Å²) in [6.07, 6.45) is 5.01. The first-order chi connectivity index (χ1) is 9.48. The van der Waals surface area contributed by atoms with E-state index in [1.54, 1.807) is 11.1 Å². The molecule has 2 fully saturated rings. The van der Waals surface area contributed by atoms with Crippen LogP contribution in [0.3, 0.4) is 0 Å². The molecular weight excluding hydrogens is 328 g/mol. The molecule has 2 heteroatoms. The molecule has 4 rings (SSSR count). The molecule has 0 aromatic heterocycles. The Kier molecular flexibility index (Phi) is 2.66. The molecule has 3 aliphatic rings. The van der Waals surface area contributed by atoms with Gasteiger partial charge in [-0.1, -0.05) is 66.3 Å². The fourth-order valence-electron chi connectivity index (χ4n) is 5.77. The van der Waals surface area contributed by atoms with E-state index in [1.807, 2.05) is 0 Å². The highest BCUT2D eigenvalue weighted by Crippen LogP contribution is 2.73. The molecule has 0 nitrogen and oxygen atoms in total. The number of hydrogen-bond acceptors (Lipinski definition) is 1. The van der Waals surface area contributed by atoms with Gasteiger partial charge in [0.25, 0.3) is 0 Å². The number of rotatable bonds is 1. The molecule has 2 saturated carbocycles. The smallest absolute Gasteiger partial charge is 0.0173 e. The zero-order chi connectivity index (χ0) is 14.2. The fraction of sp³-hybridized carbons (Fsp3) is 0.611. The van der Waals surface area contributed by atoms with Crippen LogP contribution in [-0.2, 0) is 12.8 Å². The summed E-state index contributed by atoms with van der Waals surface area (Å²) in [6, 6.07) is 8.98. The van der Waals surface area contributed by atoms with Gasteiger partial charge in [0.15, 0.2) is 0 Å². The van der Waals surface area contributed by atoms with Gasteiger partial charge >= 0.3 is 0 Å². The van der Waals surface area contributed by atoms with Crippen molar-refractivity contribution in [1.29, 1.82) is 0 Å². The number of fused-ring (bicyclic) bond motifs is 4. The SMILES string of the molecule is CC1(C)C2CCC1(CBr)C(=S)C21Cc2ccccc2C1. The van der Waals surface area contributed by atoms with E-state index in [0.717, 1.165) is 11.2 Å². The van der Waals surface area contributed by atoms with E-state index in [-0.39, 0.29) is 10.8 Å². The van der Waals surface area contributed by atoms with Crippen molar-refractivity contribution >= 4 is 33.0 Å². The van der Waals surface area contributed by atoms with Crippen LogP contribution in [0.2, 0.25) is 0 Å². The Morgan fingerprint density at radius 2 is 1.80 bits per heavy atom. The third kappa shape index (κ3) is 1.27. The average molecular weight is 349 g/mol. The zero-order valence-electron chi connectivity index (χ0n) is 12.2. The minimum absolute atomic E-state index is 0.245.